The molecule has 0 heterocycles. The number of hydrogen-bond donors (Lipinski definition) is 0. The van der Waals surface area contributed by atoms with Crippen LogP contribution in [0, 0.1) is 6.92 Å². The second-order valence-corrected chi connectivity index (χ2v) is 6.80. The fourth-order valence-corrected chi connectivity index (χ4v) is 2.20. The van der Waals surface area contributed by atoms with Gasteiger partial charge in [0.25, 0.3) is 0 Å². The third-order valence-corrected chi connectivity index (χ3v) is 4.31. The Bertz CT molecular complexity index is 399. The van der Waals surface area contributed by atoms with Gasteiger partial charge in [0.1, 0.15) is 23.0 Å². The first kappa shape index (κ1) is 16.9. The van der Waals surface area contributed by atoms with Crippen LogP contribution < -0.4 is 0 Å². The SMILES string of the molecule is Cc1cccc(CC(C)(C)OCCC(C)(C)OI)c1. The molecule has 1 aromatic carbocycles. The highest BCUT2D eigenvalue weighted by atomic mass is 127. The predicted octanol–water partition coefficient (Wildman–Crippen LogP) is 4.87. The van der Waals surface area contributed by atoms with Gasteiger partial charge in [-0.2, -0.15) is 0 Å². The number of rotatable bonds is 7. The number of hydrogen-bond acceptors (Lipinski definition) is 2. The third kappa shape index (κ3) is 6.72. The Morgan fingerprint density at radius 1 is 1.11 bits per heavy atom. The topological polar surface area (TPSA) is 18.5 Å². The van der Waals surface area contributed by atoms with Crippen LogP contribution in [0.15, 0.2) is 24.3 Å². The Balaban J connectivity index is 2.48. The van der Waals surface area contributed by atoms with Crippen molar-refractivity contribution in [1.82, 2.24) is 0 Å². The first-order valence-corrected chi connectivity index (χ1v) is 7.61. The first-order chi connectivity index (χ1) is 8.74. The van der Waals surface area contributed by atoms with Crippen molar-refractivity contribution >= 4 is 23.0 Å². The summed E-state index contributed by atoms with van der Waals surface area (Å²) in [6, 6.07) is 8.62. The van der Waals surface area contributed by atoms with E-state index in [1.165, 1.54) is 11.1 Å². The Labute approximate surface area is 131 Å². The number of halogens is 1. The second-order valence-electron chi connectivity index (χ2n) is 6.36. The van der Waals surface area contributed by atoms with Gasteiger partial charge in [-0.05, 0) is 40.2 Å². The lowest BCUT2D eigenvalue weighted by molar-refractivity contribution is -0.0343. The molecule has 0 spiro atoms. The molecule has 0 atom stereocenters. The lowest BCUT2D eigenvalue weighted by Gasteiger charge is -2.28. The van der Waals surface area contributed by atoms with E-state index in [9.17, 15) is 0 Å². The highest BCUT2D eigenvalue weighted by Crippen LogP contribution is 2.22. The van der Waals surface area contributed by atoms with Crippen molar-refractivity contribution in [1.29, 1.82) is 0 Å². The minimum atomic E-state index is -0.144. The molecule has 1 aromatic rings. The maximum Gasteiger partial charge on any atom is 0.110 e. The third-order valence-electron chi connectivity index (χ3n) is 3.12. The zero-order chi connectivity index (χ0) is 14.5. The number of benzene rings is 1. The molecular weight excluding hydrogens is 351 g/mol. The van der Waals surface area contributed by atoms with Gasteiger partial charge in [-0.25, -0.2) is 0 Å². The summed E-state index contributed by atoms with van der Waals surface area (Å²) in [4.78, 5) is 0. The molecule has 2 nitrogen and oxygen atoms in total. The lowest BCUT2D eigenvalue weighted by Crippen LogP contribution is -2.31. The normalized spacial score (nSPS) is 12.7. The highest BCUT2D eigenvalue weighted by Gasteiger charge is 2.22. The maximum absolute atomic E-state index is 6.03. The predicted molar refractivity (Wildman–Crippen MR) is 88.7 cm³/mol. The standard InChI is InChI=1S/C16H25IO2/c1-13-7-6-8-14(11-13)12-16(4,5)18-10-9-15(2,3)19-17/h6-8,11H,9-10,12H2,1-5H3. The van der Waals surface area contributed by atoms with E-state index in [0.717, 1.165) is 19.4 Å². The quantitative estimate of drug-likeness (QED) is 0.633. The Morgan fingerprint density at radius 2 is 1.79 bits per heavy atom. The second kappa shape index (κ2) is 7.04. The molecule has 3 heteroatoms. The zero-order valence-corrected chi connectivity index (χ0v) is 14.8. The molecule has 0 saturated heterocycles. The summed E-state index contributed by atoms with van der Waals surface area (Å²) in [6.45, 7) is 11.3. The van der Waals surface area contributed by atoms with E-state index in [-0.39, 0.29) is 11.2 Å². The molecule has 0 saturated carbocycles. The van der Waals surface area contributed by atoms with E-state index in [0.29, 0.717) is 0 Å². The van der Waals surface area contributed by atoms with E-state index in [4.69, 9.17) is 7.80 Å². The summed E-state index contributed by atoms with van der Waals surface area (Å²) >= 11 is 1.96. The zero-order valence-electron chi connectivity index (χ0n) is 12.6. The molecule has 1 rings (SSSR count). The molecule has 0 aliphatic rings. The van der Waals surface area contributed by atoms with Crippen molar-refractivity contribution in [2.75, 3.05) is 6.61 Å². The van der Waals surface area contributed by atoms with Crippen LogP contribution >= 0.6 is 23.0 Å². The lowest BCUT2D eigenvalue weighted by atomic mass is 9.97. The van der Waals surface area contributed by atoms with Crippen LogP contribution in [0.5, 0.6) is 0 Å². The summed E-state index contributed by atoms with van der Waals surface area (Å²) in [6.07, 6.45) is 1.83. The van der Waals surface area contributed by atoms with E-state index in [1.54, 1.807) is 0 Å². The van der Waals surface area contributed by atoms with Gasteiger partial charge in [0.2, 0.25) is 0 Å². The van der Waals surface area contributed by atoms with Crippen LogP contribution in [-0.2, 0) is 14.2 Å². The molecule has 0 fully saturated rings. The van der Waals surface area contributed by atoms with Gasteiger partial charge in [-0.1, -0.05) is 29.8 Å². The van der Waals surface area contributed by atoms with E-state index in [1.807, 2.05) is 23.0 Å². The van der Waals surface area contributed by atoms with Crippen molar-refractivity contribution in [3.8, 4) is 0 Å². The van der Waals surface area contributed by atoms with Crippen molar-refractivity contribution in [3.05, 3.63) is 35.4 Å². The smallest absolute Gasteiger partial charge is 0.110 e. The molecule has 0 amide bonds. The van der Waals surface area contributed by atoms with Crippen LogP contribution in [0.2, 0.25) is 0 Å². The van der Waals surface area contributed by atoms with Crippen LogP contribution in [-0.4, -0.2) is 17.8 Å². The summed E-state index contributed by atoms with van der Waals surface area (Å²) in [7, 11) is 0. The van der Waals surface area contributed by atoms with Gasteiger partial charge in [0, 0.05) is 12.8 Å². The molecule has 19 heavy (non-hydrogen) atoms. The fourth-order valence-electron chi connectivity index (χ4n) is 1.98. The van der Waals surface area contributed by atoms with Crippen molar-refractivity contribution in [3.63, 3.8) is 0 Å². The van der Waals surface area contributed by atoms with Gasteiger partial charge in [-0.15, -0.1) is 0 Å². The van der Waals surface area contributed by atoms with Gasteiger partial charge in [0.15, 0.2) is 0 Å². The molecule has 0 aliphatic heterocycles. The van der Waals surface area contributed by atoms with Gasteiger partial charge in [0.05, 0.1) is 17.8 Å². The highest BCUT2D eigenvalue weighted by molar-refractivity contribution is 14.1. The number of ether oxygens (including phenoxy) is 1. The molecule has 0 radical (unpaired) electrons. The van der Waals surface area contributed by atoms with Crippen LogP contribution in [0.1, 0.15) is 45.2 Å². The summed E-state index contributed by atoms with van der Waals surface area (Å²) in [5.74, 6) is 0. The van der Waals surface area contributed by atoms with Gasteiger partial charge >= 0.3 is 0 Å². The fraction of sp³-hybridized carbons (Fsp3) is 0.625. The van der Waals surface area contributed by atoms with E-state index in [2.05, 4.69) is 58.9 Å². The molecular formula is C16H25IO2. The summed E-state index contributed by atoms with van der Waals surface area (Å²) in [5, 5.41) is 0. The molecule has 0 bridgehead atoms. The van der Waals surface area contributed by atoms with Crippen LogP contribution in [0.25, 0.3) is 0 Å². The number of aryl methyl sites for hydroxylation is 1. The molecule has 0 aliphatic carbocycles. The minimum Gasteiger partial charge on any atom is -0.375 e. The molecule has 108 valence electrons. The molecule has 0 aromatic heterocycles. The van der Waals surface area contributed by atoms with Crippen molar-refractivity contribution in [2.24, 2.45) is 0 Å². The van der Waals surface area contributed by atoms with E-state index >= 15 is 0 Å². The summed E-state index contributed by atoms with van der Waals surface area (Å²) in [5.41, 5.74) is 2.36. The minimum absolute atomic E-state index is 0.125. The maximum atomic E-state index is 6.03. The average molecular weight is 376 g/mol. The summed E-state index contributed by atoms with van der Waals surface area (Å²) < 4.78 is 11.4. The van der Waals surface area contributed by atoms with Gasteiger partial charge < -0.3 is 7.80 Å². The van der Waals surface area contributed by atoms with Crippen LogP contribution in [0.3, 0.4) is 0 Å². The average Bonchev–Trinajstić information content (AvgIpc) is 2.27. The monoisotopic (exact) mass is 376 g/mol. The Morgan fingerprint density at radius 3 is 2.37 bits per heavy atom. The molecule has 0 unspecified atom stereocenters. The molecule has 0 N–H and O–H groups in total. The van der Waals surface area contributed by atoms with Crippen molar-refractivity contribution in [2.45, 2.75) is 58.7 Å². The van der Waals surface area contributed by atoms with Crippen molar-refractivity contribution < 1.29 is 7.80 Å². The Hall–Kier alpha value is -0.130. The van der Waals surface area contributed by atoms with E-state index < -0.39 is 0 Å². The van der Waals surface area contributed by atoms with Crippen LogP contribution in [0.4, 0.5) is 0 Å². The largest absolute Gasteiger partial charge is 0.375 e. The first-order valence-electron chi connectivity index (χ1n) is 6.73. The Kier molecular flexibility index (Phi) is 6.27. The van der Waals surface area contributed by atoms with Gasteiger partial charge in [-0.3, -0.25) is 0 Å².